The summed E-state index contributed by atoms with van der Waals surface area (Å²) < 4.78 is 48.0. The highest BCUT2D eigenvalue weighted by molar-refractivity contribution is 5.73. The second-order valence-corrected chi connectivity index (χ2v) is 17.9. The van der Waals surface area contributed by atoms with E-state index < -0.39 is 190 Å². The van der Waals surface area contributed by atoms with Crippen LogP contribution in [0.4, 0.5) is 0 Å². The van der Waals surface area contributed by atoms with Gasteiger partial charge < -0.3 is 110 Å². The molecular weight excluding hydrogens is 822 g/mol. The minimum atomic E-state index is -1.92. The molecule has 0 saturated carbocycles. The van der Waals surface area contributed by atoms with Crippen LogP contribution in [0.2, 0.25) is 0 Å². The van der Waals surface area contributed by atoms with Gasteiger partial charge in [0.05, 0.1) is 56.9 Å². The first kappa shape index (κ1) is 50.6. The Morgan fingerprint density at radius 2 is 1.00 bits per heavy atom. The van der Waals surface area contributed by atoms with E-state index in [1.807, 2.05) is 0 Å². The average molecular weight is 890 g/mol. The summed E-state index contributed by atoms with van der Waals surface area (Å²) in [5, 5.41) is 142. The van der Waals surface area contributed by atoms with E-state index in [0.717, 1.165) is 0 Å². The number of rotatable bonds is 13. The second-order valence-electron chi connectivity index (χ2n) is 17.9. The molecule has 5 heterocycles. The fraction of sp³-hybridized carbons (Fsp3) is 0.974. The van der Waals surface area contributed by atoms with E-state index in [1.165, 1.54) is 13.8 Å². The Balaban J connectivity index is 1.43. The van der Waals surface area contributed by atoms with Gasteiger partial charge >= 0.3 is 0 Å². The Kier molecular flexibility index (Phi) is 17.3. The number of nitrogens with one attached hydrogen (secondary N) is 1. The molecule has 1 amide bonds. The quantitative estimate of drug-likeness (QED) is 0.0817. The molecule has 0 aromatic heterocycles. The lowest BCUT2D eigenvalue weighted by molar-refractivity contribution is -0.378. The van der Waals surface area contributed by atoms with Crippen molar-refractivity contribution < 1.29 is 109 Å². The van der Waals surface area contributed by atoms with Crippen molar-refractivity contribution in [2.75, 3.05) is 26.4 Å². The number of hydrogen-bond acceptors (Lipinski definition) is 22. The molecule has 14 N–H and O–H groups in total. The van der Waals surface area contributed by atoms with Crippen molar-refractivity contribution in [3.63, 3.8) is 0 Å². The lowest BCUT2D eigenvalue weighted by Gasteiger charge is -2.52. The number of carbonyl (C=O) groups is 1. The van der Waals surface area contributed by atoms with Gasteiger partial charge in [0.1, 0.15) is 91.6 Å². The zero-order valence-corrected chi connectivity index (χ0v) is 35.0. The summed E-state index contributed by atoms with van der Waals surface area (Å²) in [5.41, 5.74) is -0.654. The van der Waals surface area contributed by atoms with Gasteiger partial charge in [0.2, 0.25) is 5.91 Å². The molecule has 23 heteroatoms. The molecule has 23 nitrogen and oxygen atoms in total. The molecule has 5 fully saturated rings. The molecule has 5 saturated heterocycles. The topological polar surface area (TPSA) is 366 Å². The van der Waals surface area contributed by atoms with E-state index in [-0.39, 0.29) is 6.42 Å². The van der Waals surface area contributed by atoms with Gasteiger partial charge in [-0.1, -0.05) is 27.7 Å². The number of amides is 1. The average Bonchev–Trinajstić information content (AvgIpc) is 3.21. The Hall–Kier alpha value is -1.37. The maximum Gasteiger partial charge on any atom is 0.217 e. The lowest BCUT2D eigenvalue weighted by Crippen LogP contribution is -2.69. The number of hydrogen-bond donors (Lipinski definition) is 14. The minimum Gasteiger partial charge on any atom is -0.394 e. The zero-order valence-electron chi connectivity index (χ0n) is 35.0. The van der Waals surface area contributed by atoms with Crippen molar-refractivity contribution in [3.05, 3.63) is 0 Å². The van der Waals surface area contributed by atoms with E-state index in [2.05, 4.69) is 5.32 Å². The molecule has 0 aliphatic carbocycles. The standard InChI is InChI=1S/C38H67NO22/c1-12-15(7-16-23(46)27(50)22(45)13(2)54-16)31(59-36-29(52)28(51)24(47)17(8-40)56-36)19(10-42)58-35(12)61-33-25(48)18(9-41)57-37(30(33)53)60-32-20(11-43)55-34(38(4,5)6)21(26(32)49)39-14(3)44/h12-13,15-37,40-43,45-53H,7-11H2,1-6H3,(H,39,44)/t12?,13?,15-,16+,17?,18?,19?,20?,21?,22-,23+,24+,25+,26-,27?,28+,29?,30?,31+,32-,33+,34-,35+,36+,37+/m1/s1. The molecule has 0 aromatic rings. The molecule has 5 aliphatic heterocycles. The third kappa shape index (κ3) is 10.7. The van der Waals surface area contributed by atoms with Gasteiger partial charge in [-0.15, -0.1) is 0 Å². The molecule has 5 rings (SSSR count). The van der Waals surface area contributed by atoms with Crippen LogP contribution >= 0.6 is 0 Å². The van der Waals surface area contributed by atoms with Crippen LogP contribution < -0.4 is 5.32 Å². The summed E-state index contributed by atoms with van der Waals surface area (Å²) in [4.78, 5) is 12.2. The van der Waals surface area contributed by atoms with Gasteiger partial charge in [-0.05, 0) is 24.7 Å². The smallest absolute Gasteiger partial charge is 0.217 e. The van der Waals surface area contributed by atoms with E-state index in [9.17, 15) is 71.2 Å². The molecule has 5 aliphatic rings. The van der Waals surface area contributed by atoms with Crippen molar-refractivity contribution in [1.82, 2.24) is 5.32 Å². The fourth-order valence-electron chi connectivity index (χ4n) is 8.97. The summed E-state index contributed by atoms with van der Waals surface area (Å²) >= 11 is 0. The largest absolute Gasteiger partial charge is 0.394 e. The molecule has 0 aromatic carbocycles. The van der Waals surface area contributed by atoms with E-state index in [0.29, 0.717) is 0 Å². The highest BCUT2D eigenvalue weighted by atomic mass is 16.8. The third-order valence-corrected chi connectivity index (χ3v) is 12.5. The first-order valence-electron chi connectivity index (χ1n) is 20.7. The van der Waals surface area contributed by atoms with Gasteiger partial charge in [-0.25, -0.2) is 0 Å². The number of aliphatic hydroxyl groups excluding tert-OH is 13. The van der Waals surface area contributed by atoms with Crippen LogP contribution in [0.25, 0.3) is 0 Å². The summed E-state index contributed by atoms with van der Waals surface area (Å²) in [6.45, 7) is 6.61. The summed E-state index contributed by atoms with van der Waals surface area (Å²) in [6, 6.07) is -1.06. The molecule has 356 valence electrons. The first-order chi connectivity index (χ1) is 28.6. The number of carbonyl (C=O) groups excluding carboxylic acids is 1. The van der Waals surface area contributed by atoms with Crippen LogP contribution in [0.5, 0.6) is 0 Å². The van der Waals surface area contributed by atoms with E-state index in [1.54, 1.807) is 27.7 Å². The summed E-state index contributed by atoms with van der Waals surface area (Å²) in [6.07, 6.45) is -33.5. The van der Waals surface area contributed by atoms with Crippen LogP contribution in [0.15, 0.2) is 0 Å². The van der Waals surface area contributed by atoms with Crippen molar-refractivity contribution in [2.24, 2.45) is 17.3 Å². The monoisotopic (exact) mass is 889 g/mol. The molecule has 61 heavy (non-hydrogen) atoms. The van der Waals surface area contributed by atoms with Crippen molar-refractivity contribution in [2.45, 2.75) is 189 Å². The van der Waals surface area contributed by atoms with E-state index in [4.69, 9.17) is 37.9 Å². The molecular formula is C38H67NO22. The molecule has 0 spiro atoms. The number of aliphatic hydroxyl groups is 13. The third-order valence-electron chi connectivity index (χ3n) is 12.5. The molecule has 25 atom stereocenters. The van der Waals surface area contributed by atoms with Gasteiger partial charge in [-0.2, -0.15) is 0 Å². The maximum absolute atomic E-state index is 12.2. The van der Waals surface area contributed by atoms with Gasteiger partial charge in [-0.3, -0.25) is 4.79 Å². The Labute approximate surface area is 352 Å². The number of ether oxygens (including phenoxy) is 8. The first-order valence-corrected chi connectivity index (χ1v) is 20.7. The van der Waals surface area contributed by atoms with Crippen LogP contribution in [0.3, 0.4) is 0 Å². The Morgan fingerprint density at radius 3 is 1.56 bits per heavy atom. The van der Waals surface area contributed by atoms with Gasteiger partial charge in [0.25, 0.3) is 0 Å². The highest BCUT2D eigenvalue weighted by Gasteiger charge is 2.57. The predicted molar refractivity (Wildman–Crippen MR) is 200 cm³/mol. The zero-order chi connectivity index (χ0) is 45.4. The summed E-state index contributed by atoms with van der Waals surface area (Å²) in [5.74, 6) is -2.42. The van der Waals surface area contributed by atoms with Crippen LogP contribution in [0.1, 0.15) is 48.0 Å². The van der Waals surface area contributed by atoms with Crippen molar-refractivity contribution in [1.29, 1.82) is 0 Å². The Bertz CT molecular complexity index is 1390. The van der Waals surface area contributed by atoms with E-state index >= 15 is 0 Å². The van der Waals surface area contributed by atoms with Gasteiger partial charge in [0, 0.05) is 12.8 Å². The van der Waals surface area contributed by atoms with Crippen molar-refractivity contribution in [3.8, 4) is 0 Å². The molecule has 10 unspecified atom stereocenters. The normalized spacial score (nSPS) is 50.0. The minimum absolute atomic E-state index is 0.213. The van der Waals surface area contributed by atoms with Crippen LogP contribution in [-0.2, 0) is 42.7 Å². The summed E-state index contributed by atoms with van der Waals surface area (Å²) in [7, 11) is 0. The van der Waals surface area contributed by atoms with Crippen LogP contribution in [0, 0.1) is 17.3 Å². The lowest BCUT2D eigenvalue weighted by atomic mass is 9.77. The fourth-order valence-corrected chi connectivity index (χ4v) is 8.97. The highest BCUT2D eigenvalue weighted by Crippen LogP contribution is 2.42. The maximum atomic E-state index is 12.2. The second kappa shape index (κ2) is 20.9. The van der Waals surface area contributed by atoms with Crippen molar-refractivity contribution >= 4 is 5.91 Å². The van der Waals surface area contributed by atoms with Crippen LogP contribution in [-0.4, -0.2) is 240 Å². The SMILES string of the molecule is CC(=O)NC1[C@@H](O)[C@H](O[C@@H]2OC(CO)[C@H](O)[C@H](O[C@@H]3OC(CO)[C@@H](O[C@@H]4OC(CO)[C@H](O)[C@H](O)C4O)[C@H](C[C@@H]4OC(C)[C@@H](O)C(O)[C@H]4O)C3C)C2O)C(CO)O[C@H]1C(C)(C)C. The predicted octanol–water partition coefficient (Wildman–Crippen LogP) is -6.72. The Morgan fingerprint density at radius 1 is 0.525 bits per heavy atom. The molecule has 0 radical (unpaired) electrons. The molecule has 0 bridgehead atoms. The van der Waals surface area contributed by atoms with Gasteiger partial charge in [0.15, 0.2) is 18.9 Å².